The van der Waals surface area contributed by atoms with Crippen molar-refractivity contribution in [1.29, 1.82) is 0 Å². The normalized spacial score (nSPS) is 10.1. The molecule has 20 heavy (non-hydrogen) atoms. The first-order valence-electron chi connectivity index (χ1n) is 6.80. The molecule has 1 rings (SSSR count). The summed E-state index contributed by atoms with van der Waals surface area (Å²) in [6.07, 6.45) is 4.34. The van der Waals surface area contributed by atoms with Crippen molar-refractivity contribution in [3.8, 4) is 5.75 Å². The van der Waals surface area contributed by atoms with Gasteiger partial charge in [-0.3, -0.25) is 4.79 Å². The third-order valence-corrected chi connectivity index (χ3v) is 3.51. The quantitative estimate of drug-likeness (QED) is 0.654. The monoisotopic (exact) mass is 293 g/mol. The van der Waals surface area contributed by atoms with Crippen LogP contribution >= 0.6 is 11.8 Å². The van der Waals surface area contributed by atoms with Crippen molar-refractivity contribution >= 4 is 17.7 Å². The highest BCUT2D eigenvalue weighted by molar-refractivity contribution is 7.98. The lowest BCUT2D eigenvalue weighted by Crippen LogP contribution is -2.30. The van der Waals surface area contributed by atoms with E-state index in [1.165, 1.54) is 0 Å². The summed E-state index contributed by atoms with van der Waals surface area (Å²) in [5, 5.41) is 0. The topological polar surface area (TPSA) is 29.5 Å². The smallest absolute Gasteiger partial charge is 0.223 e. The average Bonchev–Trinajstić information content (AvgIpc) is 2.48. The Hall–Kier alpha value is -1.42. The average molecular weight is 293 g/mol. The van der Waals surface area contributed by atoms with Crippen molar-refractivity contribution in [3.05, 3.63) is 42.5 Å². The van der Waals surface area contributed by atoms with Crippen molar-refractivity contribution in [2.75, 3.05) is 25.2 Å². The molecule has 0 saturated heterocycles. The SMILES string of the molecule is C=CCOc1cccc(CN(CC)C(=O)CCSC)c1. The van der Waals surface area contributed by atoms with Crippen LogP contribution in [0.5, 0.6) is 5.75 Å². The molecule has 0 aromatic heterocycles. The number of hydrogen-bond acceptors (Lipinski definition) is 3. The van der Waals surface area contributed by atoms with Gasteiger partial charge in [0.15, 0.2) is 0 Å². The molecule has 0 aliphatic heterocycles. The summed E-state index contributed by atoms with van der Waals surface area (Å²) in [6.45, 7) is 7.50. The second-order valence-electron chi connectivity index (χ2n) is 4.40. The second kappa shape index (κ2) is 9.48. The molecular formula is C16H23NO2S. The number of carbonyl (C=O) groups excluding carboxylic acids is 1. The van der Waals surface area contributed by atoms with Crippen LogP contribution in [0.2, 0.25) is 0 Å². The van der Waals surface area contributed by atoms with Gasteiger partial charge in [-0.05, 0) is 30.9 Å². The van der Waals surface area contributed by atoms with E-state index in [1.807, 2.05) is 42.3 Å². The fourth-order valence-electron chi connectivity index (χ4n) is 1.83. The predicted octanol–water partition coefficient (Wildman–Crippen LogP) is 3.35. The summed E-state index contributed by atoms with van der Waals surface area (Å²) in [7, 11) is 0. The lowest BCUT2D eigenvalue weighted by atomic mass is 10.2. The van der Waals surface area contributed by atoms with Gasteiger partial charge in [0.05, 0.1) is 0 Å². The molecule has 1 aromatic carbocycles. The Morgan fingerprint density at radius 1 is 1.50 bits per heavy atom. The van der Waals surface area contributed by atoms with E-state index < -0.39 is 0 Å². The minimum atomic E-state index is 0.208. The predicted molar refractivity (Wildman–Crippen MR) is 86.2 cm³/mol. The van der Waals surface area contributed by atoms with Crippen LogP contribution in [0.25, 0.3) is 0 Å². The Balaban J connectivity index is 2.64. The number of ether oxygens (including phenoxy) is 1. The van der Waals surface area contributed by atoms with Gasteiger partial charge in [0.2, 0.25) is 5.91 Å². The Morgan fingerprint density at radius 2 is 2.30 bits per heavy atom. The second-order valence-corrected chi connectivity index (χ2v) is 5.38. The van der Waals surface area contributed by atoms with E-state index in [1.54, 1.807) is 17.8 Å². The maximum absolute atomic E-state index is 12.1. The lowest BCUT2D eigenvalue weighted by molar-refractivity contribution is -0.131. The molecule has 0 atom stereocenters. The van der Waals surface area contributed by atoms with Crippen LogP contribution in [0.3, 0.4) is 0 Å². The molecule has 1 aromatic rings. The molecule has 0 aliphatic carbocycles. The molecule has 0 fully saturated rings. The molecule has 4 heteroatoms. The summed E-state index contributed by atoms with van der Waals surface area (Å²) in [5.41, 5.74) is 1.09. The summed E-state index contributed by atoms with van der Waals surface area (Å²) >= 11 is 1.70. The van der Waals surface area contributed by atoms with Gasteiger partial charge in [-0.15, -0.1) is 0 Å². The molecule has 0 spiro atoms. The van der Waals surface area contributed by atoms with E-state index in [4.69, 9.17) is 4.74 Å². The van der Waals surface area contributed by atoms with Gasteiger partial charge in [0, 0.05) is 25.3 Å². The number of amides is 1. The Morgan fingerprint density at radius 3 is 2.95 bits per heavy atom. The molecule has 0 aliphatic rings. The van der Waals surface area contributed by atoms with Gasteiger partial charge in [0.25, 0.3) is 0 Å². The first-order chi connectivity index (χ1) is 9.71. The van der Waals surface area contributed by atoms with Crippen molar-refractivity contribution in [2.45, 2.75) is 19.9 Å². The van der Waals surface area contributed by atoms with Crippen molar-refractivity contribution in [2.24, 2.45) is 0 Å². The summed E-state index contributed by atoms with van der Waals surface area (Å²) < 4.78 is 5.51. The van der Waals surface area contributed by atoms with Gasteiger partial charge in [-0.2, -0.15) is 11.8 Å². The number of thioether (sulfide) groups is 1. The molecule has 0 unspecified atom stereocenters. The van der Waals surface area contributed by atoms with Crippen LogP contribution in [-0.4, -0.2) is 36.0 Å². The zero-order valence-corrected chi connectivity index (χ0v) is 13.1. The van der Waals surface area contributed by atoms with Crippen LogP contribution in [0.4, 0.5) is 0 Å². The molecule has 110 valence electrons. The van der Waals surface area contributed by atoms with Crippen molar-refractivity contribution in [3.63, 3.8) is 0 Å². The Labute approximate surface area is 126 Å². The third-order valence-electron chi connectivity index (χ3n) is 2.89. The van der Waals surface area contributed by atoms with Crippen LogP contribution < -0.4 is 4.74 Å². The number of rotatable bonds is 9. The summed E-state index contributed by atoms with van der Waals surface area (Å²) in [5.74, 6) is 1.90. The Kier molecular flexibility index (Phi) is 7.88. The molecule has 0 radical (unpaired) electrons. The molecule has 0 N–H and O–H groups in total. The largest absolute Gasteiger partial charge is 0.490 e. The van der Waals surface area contributed by atoms with Gasteiger partial charge in [-0.1, -0.05) is 24.8 Å². The number of carbonyl (C=O) groups is 1. The van der Waals surface area contributed by atoms with Crippen molar-refractivity contribution < 1.29 is 9.53 Å². The fourth-order valence-corrected chi connectivity index (χ4v) is 2.21. The molecule has 0 saturated carbocycles. The first kappa shape index (κ1) is 16.6. The molecule has 0 heterocycles. The maximum Gasteiger partial charge on any atom is 0.223 e. The minimum Gasteiger partial charge on any atom is -0.490 e. The van der Waals surface area contributed by atoms with E-state index in [0.717, 1.165) is 23.6 Å². The van der Waals surface area contributed by atoms with Gasteiger partial charge >= 0.3 is 0 Å². The maximum atomic E-state index is 12.1. The molecular weight excluding hydrogens is 270 g/mol. The lowest BCUT2D eigenvalue weighted by Gasteiger charge is -2.21. The number of nitrogens with zero attached hydrogens (tertiary/aromatic N) is 1. The highest BCUT2D eigenvalue weighted by atomic mass is 32.2. The number of benzene rings is 1. The standard InChI is InChI=1S/C16H23NO2S/c1-4-10-19-15-8-6-7-14(12-15)13-17(5-2)16(18)9-11-20-3/h4,6-8,12H,1,5,9-11,13H2,2-3H3. The summed E-state index contributed by atoms with van der Waals surface area (Å²) in [6, 6.07) is 7.87. The fraction of sp³-hybridized carbons (Fsp3) is 0.438. The molecule has 3 nitrogen and oxygen atoms in total. The molecule has 0 bridgehead atoms. The Bertz CT molecular complexity index is 434. The van der Waals surface area contributed by atoms with Gasteiger partial charge in [0.1, 0.15) is 12.4 Å². The molecule has 1 amide bonds. The van der Waals surface area contributed by atoms with Crippen LogP contribution in [0, 0.1) is 0 Å². The highest BCUT2D eigenvalue weighted by Gasteiger charge is 2.11. The van der Waals surface area contributed by atoms with Gasteiger partial charge in [-0.25, -0.2) is 0 Å². The third kappa shape index (κ3) is 5.70. The van der Waals surface area contributed by atoms with Gasteiger partial charge < -0.3 is 9.64 Å². The first-order valence-corrected chi connectivity index (χ1v) is 8.20. The van der Waals surface area contributed by atoms with Crippen LogP contribution in [0.1, 0.15) is 18.9 Å². The van der Waals surface area contributed by atoms with E-state index in [9.17, 15) is 4.79 Å². The zero-order chi connectivity index (χ0) is 14.8. The zero-order valence-electron chi connectivity index (χ0n) is 12.3. The summed E-state index contributed by atoms with van der Waals surface area (Å²) in [4.78, 5) is 13.9. The highest BCUT2D eigenvalue weighted by Crippen LogP contribution is 2.15. The van der Waals surface area contributed by atoms with E-state index in [-0.39, 0.29) is 5.91 Å². The van der Waals surface area contributed by atoms with E-state index in [0.29, 0.717) is 19.6 Å². The van der Waals surface area contributed by atoms with Crippen LogP contribution in [0.15, 0.2) is 36.9 Å². The minimum absolute atomic E-state index is 0.208. The van der Waals surface area contributed by atoms with Crippen molar-refractivity contribution in [1.82, 2.24) is 4.90 Å². The number of hydrogen-bond donors (Lipinski definition) is 0. The van der Waals surface area contributed by atoms with E-state index >= 15 is 0 Å². The van der Waals surface area contributed by atoms with E-state index in [2.05, 4.69) is 6.58 Å². The van der Waals surface area contributed by atoms with Crippen LogP contribution in [-0.2, 0) is 11.3 Å².